The first kappa shape index (κ1) is 23.4. The average molecular weight is 498 g/mol. The predicted octanol–water partition coefficient (Wildman–Crippen LogP) is 1.07. The average Bonchev–Trinajstić information content (AvgIpc) is 3.19. The summed E-state index contributed by atoms with van der Waals surface area (Å²) in [6.45, 7) is 1.71. The fourth-order valence-corrected chi connectivity index (χ4v) is 6.49. The summed E-state index contributed by atoms with van der Waals surface area (Å²) in [5, 5.41) is 5.33. The van der Waals surface area contributed by atoms with E-state index in [0.29, 0.717) is 44.6 Å². The Labute approximate surface area is 203 Å². The molecule has 3 amide bonds. The lowest BCUT2D eigenvalue weighted by atomic mass is 9.98. The zero-order valence-electron chi connectivity index (χ0n) is 19.2. The summed E-state index contributed by atoms with van der Waals surface area (Å²) in [4.78, 5) is 42.9. The maximum Gasteiger partial charge on any atom is 0.313 e. The van der Waals surface area contributed by atoms with Gasteiger partial charge in [0.2, 0.25) is 15.9 Å². The zero-order chi connectivity index (χ0) is 24.6. The molecule has 2 aromatic rings. The van der Waals surface area contributed by atoms with Gasteiger partial charge in [-0.2, -0.15) is 4.31 Å². The number of anilines is 2. The molecule has 1 fully saturated rings. The van der Waals surface area contributed by atoms with E-state index in [1.165, 1.54) is 22.8 Å². The van der Waals surface area contributed by atoms with Gasteiger partial charge in [-0.3, -0.25) is 19.4 Å². The molecule has 0 atom stereocenters. The number of hydrogen-bond acceptors (Lipinski definition) is 6. The number of pyridine rings is 1. The lowest BCUT2D eigenvalue weighted by Gasteiger charge is -2.31. The Morgan fingerprint density at radius 3 is 2.60 bits per heavy atom. The monoisotopic (exact) mass is 497 g/mol. The maximum atomic E-state index is 12.7. The first-order chi connectivity index (χ1) is 16.8. The van der Waals surface area contributed by atoms with Crippen LogP contribution in [0.25, 0.3) is 0 Å². The van der Waals surface area contributed by atoms with E-state index < -0.39 is 21.8 Å². The first-order valence-corrected chi connectivity index (χ1v) is 13.2. The number of carbonyl (C=O) groups is 3. The summed E-state index contributed by atoms with van der Waals surface area (Å²) in [7, 11) is -3.58. The lowest BCUT2D eigenvalue weighted by Crippen LogP contribution is -2.43. The van der Waals surface area contributed by atoms with Crippen LogP contribution >= 0.6 is 0 Å². The lowest BCUT2D eigenvalue weighted by molar-refractivity contribution is -0.136. The molecule has 0 bridgehead atoms. The Kier molecular flexibility index (Phi) is 6.28. The Hall–Kier alpha value is -3.31. The zero-order valence-corrected chi connectivity index (χ0v) is 20.0. The molecule has 0 spiro atoms. The van der Waals surface area contributed by atoms with Gasteiger partial charge in [0.25, 0.3) is 0 Å². The second kappa shape index (κ2) is 9.38. The number of rotatable bonds is 5. The van der Waals surface area contributed by atoms with E-state index in [4.69, 9.17) is 0 Å². The molecule has 1 aromatic carbocycles. The number of carbonyl (C=O) groups excluding carboxylic acids is 3. The van der Waals surface area contributed by atoms with Gasteiger partial charge in [0, 0.05) is 44.3 Å². The fraction of sp³-hybridized carbons (Fsp3) is 0.417. The second-order valence-corrected chi connectivity index (χ2v) is 11.1. The highest BCUT2D eigenvalue weighted by Gasteiger charge is 2.33. The van der Waals surface area contributed by atoms with Crippen LogP contribution in [0.1, 0.15) is 30.4 Å². The number of amides is 3. The van der Waals surface area contributed by atoms with E-state index >= 15 is 0 Å². The smallest absolute Gasteiger partial charge is 0.313 e. The SMILES string of the molecule is O=C(NCC1CCN(S(=O)(=O)c2cccnc2)CC1)C(=O)Nc1cc2c3c(c1)CC(=O)N3CCC2. The molecule has 11 heteroatoms. The largest absolute Gasteiger partial charge is 0.348 e. The first-order valence-electron chi connectivity index (χ1n) is 11.8. The summed E-state index contributed by atoms with van der Waals surface area (Å²) < 4.78 is 26.9. The molecule has 4 heterocycles. The van der Waals surface area contributed by atoms with E-state index in [1.54, 1.807) is 17.0 Å². The molecule has 0 aliphatic carbocycles. The number of sulfonamides is 1. The number of benzene rings is 1. The topological polar surface area (TPSA) is 129 Å². The van der Waals surface area contributed by atoms with E-state index in [1.807, 2.05) is 6.07 Å². The van der Waals surface area contributed by atoms with Gasteiger partial charge in [-0.15, -0.1) is 0 Å². The van der Waals surface area contributed by atoms with Crippen LogP contribution in [0.5, 0.6) is 0 Å². The van der Waals surface area contributed by atoms with Crippen LogP contribution < -0.4 is 15.5 Å². The Morgan fingerprint density at radius 2 is 1.86 bits per heavy atom. The van der Waals surface area contributed by atoms with Crippen LogP contribution in [0.2, 0.25) is 0 Å². The number of nitrogens with one attached hydrogen (secondary N) is 2. The van der Waals surface area contributed by atoms with Gasteiger partial charge in [0.1, 0.15) is 4.90 Å². The number of aryl methyl sites for hydroxylation is 1. The molecular weight excluding hydrogens is 470 g/mol. The van der Waals surface area contributed by atoms with E-state index in [0.717, 1.165) is 36.2 Å². The Morgan fingerprint density at radius 1 is 1.09 bits per heavy atom. The van der Waals surface area contributed by atoms with Crippen molar-refractivity contribution in [1.82, 2.24) is 14.6 Å². The van der Waals surface area contributed by atoms with Crippen LogP contribution in [0.4, 0.5) is 11.4 Å². The van der Waals surface area contributed by atoms with Crippen LogP contribution in [0, 0.1) is 5.92 Å². The van der Waals surface area contributed by atoms with Crippen LogP contribution in [0.15, 0.2) is 41.6 Å². The van der Waals surface area contributed by atoms with Gasteiger partial charge in [0.05, 0.1) is 12.1 Å². The summed E-state index contributed by atoms with van der Waals surface area (Å²) in [5.74, 6) is -1.34. The second-order valence-electron chi connectivity index (χ2n) is 9.17. The standard InChI is InChI=1S/C24H27N5O5S/c30-21-13-18-12-19(11-17-3-2-8-29(21)22(17)18)27-24(32)23(31)26-14-16-5-9-28(10-6-16)35(33,34)20-4-1-7-25-15-20/h1,4,7,11-12,15-16H,2-3,5-6,8-10,13-14H2,(H,26,31)(H,27,32). The van der Waals surface area contributed by atoms with E-state index in [2.05, 4.69) is 15.6 Å². The van der Waals surface area contributed by atoms with Crippen molar-refractivity contribution in [3.05, 3.63) is 47.8 Å². The van der Waals surface area contributed by atoms with Crippen molar-refractivity contribution in [1.29, 1.82) is 0 Å². The number of hydrogen-bond donors (Lipinski definition) is 2. The van der Waals surface area contributed by atoms with Gasteiger partial charge in [-0.1, -0.05) is 0 Å². The maximum absolute atomic E-state index is 12.7. The Balaban J connectivity index is 1.13. The van der Waals surface area contributed by atoms with Crippen molar-refractivity contribution in [2.75, 3.05) is 36.4 Å². The fourth-order valence-electron chi connectivity index (χ4n) is 5.06. The molecule has 1 aromatic heterocycles. The van der Waals surface area contributed by atoms with Crippen LogP contribution in [0.3, 0.4) is 0 Å². The molecule has 0 unspecified atom stereocenters. The highest BCUT2D eigenvalue weighted by atomic mass is 32.2. The minimum Gasteiger partial charge on any atom is -0.348 e. The minimum absolute atomic E-state index is 0.0708. The molecule has 10 nitrogen and oxygen atoms in total. The predicted molar refractivity (Wildman–Crippen MR) is 128 cm³/mol. The molecule has 3 aliphatic heterocycles. The normalized spacial score (nSPS) is 18.3. The highest BCUT2D eigenvalue weighted by molar-refractivity contribution is 7.89. The quantitative estimate of drug-likeness (QED) is 0.595. The van der Waals surface area contributed by atoms with Crippen LogP contribution in [-0.2, 0) is 37.2 Å². The third-order valence-corrected chi connectivity index (χ3v) is 8.75. The van der Waals surface area contributed by atoms with Crippen molar-refractivity contribution in [2.24, 2.45) is 5.92 Å². The summed E-state index contributed by atoms with van der Waals surface area (Å²) in [6.07, 6.45) is 6.05. The number of piperidine rings is 1. The van der Waals surface area contributed by atoms with Crippen molar-refractivity contribution in [3.8, 4) is 0 Å². The molecule has 0 radical (unpaired) electrons. The molecule has 1 saturated heterocycles. The van der Waals surface area contributed by atoms with E-state index in [-0.39, 0.29) is 16.7 Å². The summed E-state index contributed by atoms with van der Waals surface area (Å²) in [6, 6.07) is 6.73. The third-order valence-electron chi connectivity index (χ3n) is 6.87. The molecule has 184 valence electrons. The molecular formula is C24H27N5O5S. The van der Waals surface area contributed by atoms with Crippen molar-refractivity contribution in [3.63, 3.8) is 0 Å². The van der Waals surface area contributed by atoms with Gasteiger partial charge in [-0.25, -0.2) is 8.42 Å². The van der Waals surface area contributed by atoms with Crippen molar-refractivity contribution < 1.29 is 22.8 Å². The van der Waals surface area contributed by atoms with Gasteiger partial charge < -0.3 is 15.5 Å². The Bertz CT molecular complexity index is 1270. The number of nitrogens with zero attached hydrogens (tertiary/aromatic N) is 3. The summed E-state index contributed by atoms with van der Waals surface area (Å²) in [5.41, 5.74) is 3.38. The van der Waals surface area contributed by atoms with Crippen LogP contribution in [-0.4, -0.2) is 61.6 Å². The highest BCUT2D eigenvalue weighted by Crippen LogP contribution is 2.38. The van der Waals surface area contributed by atoms with Crippen molar-refractivity contribution >= 4 is 39.1 Å². The molecule has 5 rings (SSSR count). The third kappa shape index (κ3) is 4.65. The number of aromatic nitrogens is 1. The molecule has 0 saturated carbocycles. The molecule has 3 aliphatic rings. The van der Waals surface area contributed by atoms with Gasteiger partial charge in [-0.05, 0) is 67.0 Å². The van der Waals surface area contributed by atoms with E-state index in [9.17, 15) is 22.8 Å². The summed E-state index contributed by atoms with van der Waals surface area (Å²) >= 11 is 0. The molecule has 2 N–H and O–H groups in total. The van der Waals surface area contributed by atoms with Crippen molar-refractivity contribution in [2.45, 2.75) is 37.0 Å². The minimum atomic E-state index is -3.58. The van der Waals surface area contributed by atoms with Gasteiger partial charge >= 0.3 is 11.8 Å². The van der Waals surface area contributed by atoms with Gasteiger partial charge in [0.15, 0.2) is 0 Å². The molecule has 35 heavy (non-hydrogen) atoms.